The topological polar surface area (TPSA) is 59.1 Å². The Labute approximate surface area is 177 Å². The smallest absolute Gasteiger partial charge is 0.310 e. The molecule has 1 saturated heterocycles. The number of anilines is 1. The second-order valence-electron chi connectivity index (χ2n) is 7.86. The van der Waals surface area contributed by atoms with Gasteiger partial charge in [-0.25, -0.2) is 0 Å². The number of aryl methyl sites for hydroxylation is 2. The number of esters is 1. The molecule has 0 saturated carbocycles. The maximum absolute atomic E-state index is 12.4. The molecule has 158 valence electrons. The normalized spacial score (nSPS) is 15.6. The van der Waals surface area contributed by atoms with Crippen LogP contribution in [0.3, 0.4) is 0 Å². The fourth-order valence-corrected chi connectivity index (χ4v) is 4.19. The van der Waals surface area contributed by atoms with Crippen molar-refractivity contribution < 1.29 is 19.1 Å². The number of ether oxygens (including phenoxy) is 2. The lowest BCUT2D eigenvalue weighted by atomic mass is 10.0. The fourth-order valence-electron chi connectivity index (χ4n) is 4.19. The second-order valence-corrected chi connectivity index (χ2v) is 7.86. The van der Waals surface area contributed by atoms with Crippen LogP contribution in [0.15, 0.2) is 42.5 Å². The van der Waals surface area contributed by atoms with Crippen molar-refractivity contribution in [2.75, 3.05) is 44.8 Å². The van der Waals surface area contributed by atoms with E-state index in [-0.39, 0.29) is 24.9 Å². The van der Waals surface area contributed by atoms with E-state index in [1.165, 1.54) is 17.5 Å². The quantitative estimate of drug-likeness (QED) is 0.688. The van der Waals surface area contributed by atoms with Gasteiger partial charge in [0.2, 0.25) is 0 Å². The van der Waals surface area contributed by atoms with E-state index in [0.29, 0.717) is 13.1 Å². The molecule has 2 aromatic carbocycles. The van der Waals surface area contributed by atoms with E-state index in [9.17, 15) is 9.59 Å². The minimum absolute atomic E-state index is 0.133. The average Bonchev–Trinajstić information content (AvgIpc) is 3.25. The van der Waals surface area contributed by atoms with Gasteiger partial charge in [-0.15, -0.1) is 0 Å². The molecular formula is C24H28N2O4. The third kappa shape index (κ3) is 4.75. The molecule has 0 aromatic heterocycles. The van der Waals surface area contributed by atoms with Crippen LogP contribution in [0, 0.1) is 0 Å². The van der Waals surface area contributed by atoms with Gasteiger partial charge in [0.05, 0.1) is 13.5 Å². The van der Waals surface area contributed by atoms with E-state index >= 15 is 0 Å². The van der Waals surface area contributed by atoms with Crippen molar-refractivity contribution in [1.29, 1.82) is 0 Å². The van der Waals surface area contributed by atoms with Gasteiger partial charge in [-0.2, -0.15) is 0 Å². The Hall–Kier alpha value is -3.02. The number of rotatable bonds is 6. The lowest BCUT2D eigenvalue weighted by Crippen LogP contribution is -2.49. The summed E-state index contributed by atoms with van der Waals surface area (Å²) in [7, 11) is 1.65. The molecule has 0 atom stereocenters. The highest BCUT2D eigenvalue weighted by Gasteiger charge is 2.22. The van der Waals surface area contributed by atoms with Gasteiger partial charge in [-0.3, -0.25) is 9.59 Å². The molecule has 1 amide bonds. The second kappa shape index (κ2) is 9.20. The number of hydrogen-bond donors (Lipinski definition) is 0. The van der Waals surface area contributed by atoms with E-state index in [2.05, 4.69) is 17.0 Å². The summed E-state index contributed by atoms with van der Waals surface area (Å²) < 4.78 is 10.5. The predicted molar refractivity (Wildman–Crippen MR) is 115 cm³/mol. The van der Waals surface area contributed by atoms with Crippen molar-refractivity contribution in [3.8, 4) is 5.75 Å². The van der Waals surface area contributed by atoms with Crippen molar-refractivity contribution in [2.24, 2.45) is 0 Å². The van der Waals surface area contributed by atoms with Crippen LogP contribution in [0.5, 0.6) is 5.75 Å². The Kier molecular flexibility index (Phi) is 6.21. The third-order valence-electron chi connectivity index (χ3n) is 5.94. The molecule has 0 spiro atoms. The van der Waals surface area contributed by atoms with E-state index in [4.69, 9.17) is 9.47 Å². The first kappa shape index (κ1) is 20.3. The molecule has 0 bridgehead atoms. The maximum Gasteiger partial charge on any atom is 0.310 e. The van der Waals surface area contributed by atoms with Crippen LogP contribution in [0.2, 0.25) is 0 Å². The SMILES string of the molecule is COc1ccc(N2CCN(C(=O)COC(=O)Cc3ccc4c(c3)CCC4)CC2)cc1. The molecule has 0 unspecified atom stereocenters. The minimum Gasteiger partial charge on any atom is -0.497 e. The van der Waals surface area contributed by atoms with Crippen LogP contribution in [-0.2, 0) is 33.6 Å². The van der Waals surface area contributed by atoms with Gasteiger partial charge in [-0.1, -0.05) is 18.2 Å². The molecular weight excluding hydrogens is 380 g/mol. The highest BCUT2D eigenvalue weighted by Crippen LogP contribution is 2.23. The highest BCUT2D eigenvalue weighted by atomic mass is 16.5. The number of methoxy groups -OCH3 is 1. The van der Waals surface area contributed by atoms with E-state index in [1.807, 2.05) is 30.3 Å². The van der Waals surface area contributed by atoms with Gasteiger partial charge in [0.1, 0.15) is 5.75 Å². The summed E-state index contributed by atoms with van der Waals surface area (Å²) in [6.45, 7) is 2.55. The first-order chi connectivity index (χ1) is 14.6. The first-order valence-electron chi connectivity index (χ1n) is 10.6. The summed E-state index contributed by atoms with van der Waals surface area (Å²) in [5.41, 5.74) is 4.80. The number of carbonyl (C=O) groups is 2. The molecule has 2 aromatic rings. The predicted octanol–water partition coefficient (Wildman–Crippen LogP) is 2.62. The molecule has 2 aliphatic rings. The summed E-state index contributed by atoms with van der Waals surface area (Å²) in [6, 6.07) is 14.1. The molecule has 1 fully saturated rings. The monoisotopic (exact) mass is 408 g/mol. The van der Waals surface area contributed by atoms with Crippen molar-refractivity contribution >= 4 is 17.6 Å². The summed E-state index contributed by atoms with van der Waals surface area (Å²) in [6.07, 6.45) is 3.61. The number of carbonyl (C=O) groups excluding carboxylic acids is 2. The van der Waals surface area contributed by atoms with Crippen LogP contribution in [0.4, 0.5) is 5.69 Å². The molecule has 1 aliphatic carbocycles. The Morgan fingerprint density at radius 2 is 1.67 bits per heavy atom. The molecule has 4 rings (SSSR count). The minimum atomic E-state index is -0.349. The Morgan fingerprint density at radius 1 is 0.933 bits per heavy atom. The number of benzene rings is 2. The summed E-state index contributed by atoms with van der Waals surface area (Å²) in [4.78, 5) is 28.6. The summed E-state index contributed by atoms with van der Waals surface area (Å²) in [5, 5.41) is 0. The molecule has 6 nitrogen and oxygen atoms in total. The maximum atomic E-state index is 12.4. The van der Waals surface area contributed by atoms with Gasteiger partial charge in [-0.05, 0) is 60.2 Å². The van der Waals surface area contributed by atoms with E-state index in [1.54, 1.807) is 12.0 Å². The number of hydrogen-bond acceptors (Lipinski definition) is 5. The van der Waals surface area contributed by atoms with Crippen molar-refractivity contribution in [3.05, 3.63) is 59.2 Å². The molecule has 0 N–H and O–H groups in total. The van der Waals surface area contributed by atoms with Gasteiger partial charge >= 0.3 is 5.97 Å². The van der Waals surface area contributed by atoms with Gasteiger partial charge in [0, 0.05) is 31.9 Å². The average molecular weight is 408 g/mol. The molecule has 6 heteroatoms. The van der Waals surface area contributed by atoms with E-state index in [0.717, 1.165) is 42.9 Å². The van der Waals surface area contributed by atoms with Crippen molar-refractivity contribution in [2.45, 2.75) is 25.7 Å². The number of piperazine rings is 1. The fraction of sp³-hybridized carbons (Fsp3) is 0.417. The zero-order valence-electron chi connectivity index (χ0n) is 17.4. The van der Waals surface area contributed by atoms with Gasteiger partial charge in [0.25, 0.3) is 5.91 Å². The number of amides is 1. The number of fused-ring (bicyclic) bond motifs is 1. The van der Waals surface area contributed by atoms with Gasteiger partial charge in [0.15, 0.2) is 6.61 Å². The van der Waals surface area contributed by atoms with Crippen LogP contribution in [-0.4, -0.2) is 56.7 Å². The van der Waals surface area contributed by atoms with Gasteiger partial charge < -0.3 is 19.3 Å². The van der Waals surface area contributed by atoms with Crippen molar-refractivity contribution in [3.63, 3.8) is 0 Å². The first-order valence-corrected chi connectivity index (χ1v) is 10.6. The Balaban J connectivity index is 1.21. The largest absolute Gasteiger partial charge is 0.497 e. The third-order valence-corrected chi connectivity index (χ3v) is 5.94. The van der Waals surface area contributed by atoms with Crippen molar-refractivity contribution in [1.82, 2.24) is 4.90 Å². The standard InChI is InChI=1S/C24H28N2O4/c1-29-22-9-7-21(8-10-22)25-11-13-26(14-12-25)23(27)17-30-24(28)16-18-5-6-19-3-2-4-20(19)15-18/h5-10,15H,2-4,11-14,16-17H2,1H3. The molecule has 30 heavy (non-hydrogen) atoms. The summed E-state index contributed by atoms with van der Waals surface area (Å²) >= 11 is 0. The zero-order valence-corrected chi connectivity index (χ0v) is 17.4. The zero-order chi connectivity index (χ0) is 20.9. The van der Waals surface area contributed by atoms with Crippen LogP contribution < -0.4 is 9.64 Å². The van der Waals surface area contributed by atoms with Crippen LogP contribution in [0.25, 0.3) is 0 Å². The molecule has 0 radical (unpaired) electrons. The van der Waals surface area contributed by atoms with Crippen LogP contribution >= 0.6 is 0 Å². The summed E-state index contributed by atoms with van der Waals surface area (Å²) in [5.74, 6) is 0.346. The Bertz CT molecular complexity index is 902. The number of nitrogens with zero attached hydrogens (tertiary/aromatic N) is 2. The molecule has 1 aliphatic heterocycles. The van der Waals surface area contributed by atoms with Crippen LogP contribution in [0.1, 0.15) is 23.1 Å². The lowest BCUT2D eigenvalue weighted by Gasteiger charge is -2.36. The highest BCUT2D eigenvalue weighted by molar-refractivity contribution is 5.81. The Morgan fingerprint density at radius 3 is 2.40 bits per heavy atom. The van der Waals surface area contributed by atoms with E-state index < -0.39 is 0 Å². The molecule has 1 heterocycles. The lowest BCUT2D eigenvalue weighted by molar-refractivity contribution is -0.151.